The lowest BCUT2D eigenvalue weighted by Gasteiger charge is -2.18. The van der Waals surface area contributed by atoms with Crippen LogP contribution < -0.4 is 0 Å². The minimum absolute atomic E-state index is 0.0649. The summed E-state index contributed by atoms with van der Waals surface area (Å²) in [6.45, 7) is 0. The lowest BCUT2D eigenvalue weighted by atomic mass is 9.85. The highest BCUT2D eigenvalue weighted by Gasteiger charge is 2.73. The maximum absolute atomic E-state index is 12.7. The molecule has 3 aliphatic carbocycles. The lowest BCUT2D eigenvalue weighted by Crippen LogP contribution is -2.30. The van der Waals surface area contributed by atoms with Crippen LogP contribution in [0.25, 0.3) is 0 Å². The second-order valence-corrected chi connectivity index (χ2v) is 7.20. The zero-order valence-electron chi connectivity index (χ0n) is 12.8. The summed E-state index contributed by atoms with van der Waals surface area (Å²) in [5.41, 5.74) is 0.510. The molecule has 1 aliphatic heterocycles. The number of aromatic hydroxyl groups is 2. The highest BCUT2D eigenvalue weighted by atomic mass is 16.3. The first-order valence-electron chi connectivity index (χ1n) is 8.15. The van der Waals surface area contributed by atoms with Crippen molar-refractivity contribution in [1.29, 1.82) is 0 Å². The maximum Gasteiger partial charge on any atom is 0.254 e. The standard InChI is InChI=1S/C18H16N2O4/c21-10-2-1-9(13(22)7-10)8-19-20-16(23)14-11-3-4-12(15(14)17(20)24)18(11)5-6-18/h1-4,7-8,11-12,14-15,21-22H,5-6H2/b19-8-/t11-,12+,14-,15-/m0/s1. The second kappa shape index (κ2) is 4.26. The van der Waals surface area contributed by atoms with Crippen molar-refractivity contribution in [2.75, 3.05) is 0 Å². The van der Waals surface area contributed by atoms with Crippen molar-refractivity contribution >= 4 is 18.0 Å². The van der Waals surface area contributed by atoms with Crippen LogP contribution in [-0.4, -0.2) is 33.3 Å². The van der Waals surface area contributed by atoms with Gasteiger partial charge in [-0.15, -0.1) is 0 Å². The molecule has 1 saturated heterocycles. The summed E-state index contributed by atoms with van der Waals surface area (Å²) in [6, 6.07) is 4.07. The Morgan fingerprint density at radius 2 is 1.71 bits per heavy atom. The van der Waals surface area contributed by atoms with Crippen LogP contribution >= 0.6 is 0 Å². The monoisotopic (exact) mass is 324 g/mol. The fraction of sp³-hybridized carbons (Fsp3) is 0.389. The first-order chi connectivity index (χ1) is 11.5. The van der Waals surface area contributed by atoms with Crippen LogP contribution in [0.15, 0.2) is 35.5 Å². The number of hydrogen-bond acceptors (Lipinski definition) is 5. The van der Waals surface area contributed by atoms with Gasteiger partial charge in [-0.25, -0.2) is 0 Å². The van der Waals surface area contributed by atoms with E-state index in [-0.39, 0.29) is 52.4 Å². The predicted molar refractivity (Wildman–Crippen MR) is 84.0 cm³/mol. The summed E-state index contributed by atoms with van der Waals surface area (Å²) in [5, 5.41) is 24.1. The third-order valence-corrected chi connectivity index (χ3v) is 6.16. The quantitative estimate of drug-likeness (QED) is 0.491. The molecule has 6 nitrogen and oxygen atoms in total. The minimum atomic E-state index is -0.277. The van der Waals surface area contributed by atoms with Gasteiger partial charge in [0.25, 0.3) is 11.8 Å². The number of allylic oxidation sites excluding steroid dienone is 2. The zero-order valence-corrected chi connectivity index (χ0v) is 12.8. The third-order valence-electron chi connectivity index (χ3n) is 6.16. The number of rotatable bonds is 2. The summed E-state index contributed by atoms with van der Waals surface area (Å²) in [7, 11) is 0. The summed E-state index contributed by atoms with van der Waals surface area (Å²) in [4.78, 5) is 25.4. The maximum atomic E-state index is 12.7. The Balaban J connectivity index is 1.44. The van der Waals surface area contributed by atoms with Crippen LogP contribution in [-0.2, 0) is 9.59 Å². The molecule has 2 saturated carbocycles. The molecule has 0 aromatic heterocycles. The molecule has 2 N–H and O–H groups in total. The van der Waals surface area contributed by atoms with Gasteiger partial charge in [0.15, 0.2) is 0 Å². The molecule has 2 amide bonds. The van der Waals surface area contributed by atoms with Crippen LogP contribution in [0.4, 0.5) is 0 Å². The smallest absolute Gasteiger partial charge is 0.254 e. The van der Waals surface area contributed by atoms with Crippen molar-refractivity contribution in [3.63, 3.8) is 0 Å². The van der Waals surface area contributed by atoms with Gasteiger partial charge < -0.3 is 10.2 Å². The van der Waals surface area contributed by atoms with Gasteiger partial charge in [-0.3, -0.25) is 9.59 Å². The van der Waals surface area contributed by atoms with E-state index in [0.29, 0.717) is 5.56 Å². The first kappa shape index (κ1) is 13.8. The molecule has 1 aromatic carbocycles. The van der Waals surface area contributed by atoms with Gasteiger partial charge in [-0.2, -0.15) is 10.1 Å². The Hall–Kier alpha value is -2.63. The number of benzene rings is 1. The van der Waals surface area contributed by atoms with Crippen molar-refractivity contribution in [2.24, 2.45) is 34.2 Å². The highest BCUT2D eigenvalue weighted by molar-refractivity contribution is 6.07. The molecular formula is C18H16N2O4. The van der Waals surface area contributed by atoms with E-state index in [4.69, 9.17) is 0 Å². The molecule has 2 bridgehead atoms. The molecule has 1 aromatic rings. The molecule has 4 atom stereocenters. The summed E-state index contributed by atoms with van der Waals surface area (Å²) in [6.07, 6.45) is 7.72. The van der Waals surface area contributed by atoms with Gasteiger partial charge >= 0.3 is 0 Å². The first-order valence-corrected chi connectivity index (χ1v) is 8.15. The van der Waals surface area contributed by atoms with E-state index in [1.165, 1.54) is 24.4 Å². The van der Waals surface area contributed by atoms with Crippen molar-refractivity contribution in [1.82, 2.24) is 5.01 Å². The van der Waals surface area contributed by atoms with Gasteiger partial charge in [0.2, 0.25) is 0 Å². The second-order valence-electron chi connectivity index (χ2n) is 7.20. The number of amides is 2. The van der Waals surface area contributed by atoms with Crippen molar-refractivity contribution < 1.29 is 19.8 Å². The molecule has 1 spiro atoms. The van der Waals surface area contributed by atoms with Gasteiger partial charge in [0.1, 0.15) is 11.5 Å². The Morgan fingerprint density at radius 3 is 2.25 bits per heavy atom. The number of fused-ring (bicyclic) bond motifs is 3. The molecular weight excluding hydrogens is 308 g/mol. The normalized spacial score (nSPS) is 34.8. The number of carbonyl (C=O) groups excluding carboxylic acids is 2. The number of hydrazone groups is 1. The Bertz CT molecular complexity index is 805. The summed E-state index contributed by atoms with van der Waals surface area (Å²) in [5.74, 6) is -0.898. The zero-order chi connectivity index (χ0) is 16.6. The molecule has 24 heavy (non-hydrogen) atoms. The average molecular weight is 324 g/mol. The van der Waals surface area contributed by atoms with Crippen molar-refractivity contribution in [3.8, 4) is 11.5 Å². The Morgan fingerprint density at radius 1 is 1.08 bits per heavy atom. The Kier molecular flexibility index (Phi) is 2.44. The van der Waals surface area contributed by atoms with Gasteiger partial charge in [-0.1, -0.05) is 12.2 Å². The van der Waals surface area contributed by atoms with Crippen LogP contribution in [0.1, 0.15) is 18.4 Å². The fourth-order valence-corrected chi connectivity index (χ4v) is 4.94. The van der Waals surface area contributed by atoms with E-state index < -0.39 is 0 Å². The van der Waals surface area contributed by atoms with E-state index >= 15 is 0 Å². The van der Waals surface area contributed by atoms with Gasteiger partial charge in [0, 0.05) is 11.6 Å². The number of imide groups is 1. The Labute approximate surface area is 138 Å². The minimum Gasteiger partial charge on any atom is -0.508 e. The fourth-order valence-electron chi connectivity index (χ4n) is 4.94. The van der Waals surface area contributed by atoms with E-state index in [1.807, 2.05) is 0 Å². The molecule has 1 heterocycles. The van der Waals surface area contributed by atoms with Gasteiger partial charge in [-0.05, 0) is 42.2 Å². The third kappa shape index (κ3) is 1.53. The lowest BCUT2D eigenvalue weighted by molar-refractivity contribution is -0.141. The van der Waals surface area contributed by atoms with Gasteiger partial charge in [0.05, 0.1) is 18.1 Å². The molecule has 0 radical (unpaired) electrons. The molecule has 4 aliphatic rings. The predicted octanol–water partition coefficient (Wildman–Crippen LogP) is 1.63. The molecule has 3 fully saturated rings. The largest absolute Gasteiger partial charge is 0.508 e. The number of phenolic OH excluding ortho intramolecular Hbond substituents is 2. The SMILES string of the molecule is O=C1[C@@H]2[C@@H](C(=O)N1/N=C\c1ccc(O)cc1O)[C@@H]1C=C[C@H]2C12CC2. The molecule has 122 valence electrons. The topological polar surface area (TPSA) is 90.2 Å². The van der Waals surface area contributed by atoms with Crippen LogP contribution in [0.2, 0.25) is 0 Å². The number of phenols is 2. The van der Waals surface area contributed by atoms with Crippen LogP contribution in [0.5, 0.6) is 11.5 Å². The van der Waals surface area contributed by atoms with E-state index in [0.717, 1.165) is 17.9 Å². The number of nitrogens with zero attached hydrogens (tertiary/aromatic N) is 2. The summed E-state index contributed by atoms with van der Waals surface area (Å²) >= 11 is 0. The van der Waals surface area contributed by atoms with E-state index in [1.54, 1.807) is 0 Å². The molecule has 6 heteroatoms. The van der Waals surface area contributed by atoms with E-state index in [9.17, 15) is 19.8 Å². The average Bonchev–Trinajstić information content (AvgIpc) is 3.15. The van der Waals surface area contributed by atoms with Crippen molar-refractivity contribution in [2.45, 2.75) is 12.8 Å². The number of hydrogen-bond donors (Lipinski definition) is 2. The van der Waals surface area contributed by atoms with E-state index in [2.05, 4.69) is 17.3 Å². The molecule has 0 unspecified atom stereocenters. The highest BCUT2D eigenvalue weighted by Crippen LogP contribution is 2.73. The summed E-state index contributed by atoms with van der Waals surface area (Å²) < 4.78 is 0. The van der Waals surface area contributed by atoms with Crippen molar-refractivity contribution in [3.05, 3.63) is 35.9 Å². The van der Waals surface area contributed by atoms with Crippen LogP contribution in [0.3, 0.4) is 0 Å². The van der Waals surface area contributed by atoms with Crippen LogP contribution in [0, 0.1) is 29.1 Å². The number of carbonyl (C=O) groups is 2. The molecule has 5 rings (SSSR count).